The third-order valence-corrected chi connectivity index (χ3v) is 2.29. The molecule has 14 heavy (non-hydrogen) atoms. The number of hydrogen-bond donors (Lipinski definition) is 1. The number of rotatable bonds is 3. The van der Waals surface area contributed by atoms with Crippen molar-refractivity contribution in [2.24, 2.45) is 7.05 Å². The van der Waals surface area contributed by atoms with Crippen LogP contribution in [0.25, 0.3) is 0 Å². The first-order valence-corrected chi connectivity index (χ1v) is 4.43. The zero-order valence-electron chi connectivity index (χ0n) is 8.50. The molecule has 3 nitrogen and oxygen atoms in total. The lowest BCUT2D eigenvalue weighted by Crippen LogP contribution is -2.12. The fourth-order valence-corrected chi connectivity index (χ4v) is 1.37. The topological polar surface area (TPSA) is 29.9 Å². The lowest BCUT2D eigenvalue weighted by Gasteiger charge is -2.00. The van der Waals surface area contributed by atoms with E-state index in [0.717, 1.165) is 29.5 Å². The largest absolute Gasteiger partial charge is 0.313 e. The highest BCUT2D eigenvalue weighted by Crippen LogP contribution is 2.17. The van der Waals surface area contributed by atoms with Gasteiger partial charge in [0.15, 0.2) is 0 Å². The highest BCUT2D eigenvalue weighted by Gasteiger charge is 2.09. The molecule has 0 unspecified atom stereocenters. The Morgan fingerprint density at radius 2 is 2.00 bits per heavy atom. The van der Waals surface area contributed by atoms with Crippen molar-refractivity contribution in [1.29, 1.82) is 0 Å². The van der Waals surface area contributed by atoms with Crippen molar-refractivity contribution in [1.82, 2.24) is 15.1 Å². The molecule has 0 aromatic carbocycles. The van der Waals surface area contributed by atoms with Crippen molar-refractivity contribution in [2.45, 2.75) is 20.4 Å². The molecule has 6 heteroatoms. The number of aromatic nitrogens is 2. The summed E-state index contributed by atoms with van der Waals surface area (Å²) in [6.07, 6.45) is 0. The molecule has 0 bridgehead atoms. The Labute approximate surface area is 102 Å². The highest BCUT2D eigenvalue weighted by atomic mass is 35.5. The quantitative estimate of drug-likeness (QED) is 0.904. The van der Waals surface area contributed by atoms with E-state index in [9.17, 15) is 0 Å². The molecular formula is C8H16Cl3N3. The van der Waals surface area contributed by atoms with Crippen molar-refractivity contribution < 1.29 is 0 Å². The van der Waals surface area contributed by atoms with Crippen LogP contribution in [0.4, 0.5) is 0 Å². The Morgan fingerprint density at radius 1 is 1.43 bits per heavy atom. The van der Waals surface area contributed by atoms with Crippen molar-refractivity contribution in [2.75, 3.05) is 6.54 Å². The van der Waals surface area contributed by atoms with Crippen molar-refractivity contribution in [3.05, 3.63) is 16.4 Å². The van der Waals surface area contributed by atoms with E-state index in [1.165, 1.54) is 0 Å². The monoisotopic (exact) mass is 259 g/mol. The van der Waals surface area contributed by atoms with Crippen LogP contribution in [-0.4, -0.2) is 16.3 Å². The molecule has 0 atom stereocenters. The Balaban J connectivity index is 0. The Kier molecular flexibility index (Phi) is 8.64. The first-order chi connectivity index (χ1) is 5.66. The molecule has 0 saturated carbocycles. The lowest BCUT2D eigenvalue weighted by molar-refractivity contribution is 0.722. The van der Waals surface area contributed by atoms with Gasteiger partial charge < -0.3 is 5.32 Å². The van der Waals surface area contributed by atoms with Gasteiger partial charge in [-0.2, -0.15) is 5.10 Å². The van der Waals surface area contributed by atoms with E-state index in [1.54, 1.807) is 4.68 Å². The molecular weight excluding hydrogens is 244 g/mol. The molecule has 0 fully saturated rings. The van der Waals surface area contributed by atoms with Crippen LogP contribution in [0.1, 0.15) is 18.2 Å². The van der Waals surface area contributed by atoms with E-state index < -0.39 is 0 Å². The molecule has 0 radical (unpaired) electrons. The molecule has 1 heterocycles. The maximum atomic E-state index is 6.01. The second-order valence-corrected chi connectivity index (χ2v) is 3.12. The predicted octanol–water partition coefficient (Wildman–Crippen LogP) is 2.34. The van der Waals surface area contributed by atoms with Gasteiger partial charge in [-0.1, -0.05) is 18.5 Å². The molecule has 0 saturated heterocycles. The Bertz CT molecular complexity index is 273. The van der Waals surface area contributed by atoms with E-state index in [-0.39, 0.29) is 24.8 Å². The number of hydrogen-bond acceptors (Lipinski definition) is 2. The average molecular weight is 261 g/mol. The van der Waals surface area contributed by atoms with Gasteiger partial charge in [-0.15, -0.1) is 24.8 Å². The molecule has 0 spiro atoms. The molecule has 1 aromatic heterocycles. The molecule has 84 valence electrons. The maximum absolute atomic E-state index is 6.01. The van der Waals surface area contributed by atoms with Gasteiger partial charge in [0.05, 0.1) is 5.69 Å². The summed E-state index contributed by atoms with van der Waals surface area (Å²) in [4.78, 5) is 0. The Morgan fingerprint density at radius 3 is 2.36 bits per heavy atom. The SMILES string of the molecule is CCNCc1c(C)nn(C)c1Cl.Cl.Cl. The zero-order valence-corrected chi connectivity index (χ0v) is 10.9. The van der Waals surface area contributed by atoms with E-state index in [4.69, 9.17) is 11.6 Å². The smallest absolute Gasteiger partial charge is 0.131 e. The minimum Gasteiger partial charge on any atom is -0.313 e. The normalized spacial score (nSPS) is 9.14. The van der Waals surface area contributed by atoms with Crippen molar-refractivity contribution in [3.63, 3.8) is 0 Å². The van der Waals surface area contributed by atoms with E-state index in [1.807, 2.05) is 14.0 Å². The van der Waals surface area contributed by atoms with Gasteiger partial charge in [0.25, 0.3) is 0 Å². The number of aryl methyl sites for hydroxylation is 2. The van der Waals surface area contributed by atoms with E-state index >= 15 is 0 Å². The summed E-state index contributed by atoms with van der Waals surface area (Å²) in [6, 6.07) is 0. The molecule has 1 rings (SSSR count). The molecule has 0 amide bonds. The first-order valence-electron chi connectivity index (χ1n) is 4.05. The van der Waals surface area contributed by atoms with Gasteiger partial charge in [0.1, 0.15) is 5.15 Å². The summed E-state index contributed by atoms with van der Waals surface area (Å²) >= 11 is 6.01. The van der Waals surface area contributed by atoms with Crippen molar-refractivity contribution in [3.8, 4) is 0 Å². The average Bonchev–Trinajstić information content (AvgIpc) is 2.25. The van der Waals surface area contributed by atoms with Gasteiger partial charge in [-0.3, -0.25) is 4.68 Å². The van der Waals surface area contributed by atoms with Crippen molar-refractivity contribution >= 4 is 36.4 Å². The molecule has 0 aliphatic rings. The minimum atomic E-state index is 0. The van der Waals surface area contributed by atoms with E-state index in [0.29, 0.717) is 0 Å². The van der Waals surface area contributed by atoms with Crippen LogP contribution in [0, 0.1) is 6.92 Å². The molecule has 1 aromatic rings. The van der Waals surface area contributed by atoms with Crippen LogP contribution < -0.4 is 5.32 Å². The standard InChI is InChI=1S/C8H14ClN3.2ClH/c1-4-10-5-7-6(2)11-12(3)8(7)9;;/h10H,4-5H2,1-3H3;2*1H. The van der Waals surface area contributed by atoms with Gasteiger partial charge in [-0.05, 0) is 13.5 Å². The summed E-state index contributed by atoms with van der Waals surface area (Å²) in [5, 5.41) is 8.16. The number of halogens is 3. The van der Waals surface area contributed by atoms with Crippen LogP contribution in [-0.2, 0) is 13.6 Å². The highest BCUT2D eigenvalue weighted by molar-refractivity contribution is 6.30. The third kappa shape index (κ3) is 3.65. The summed E-state index contributed by atoms with van der Waals surface area (Å²) in [7, 11) is 1.85. The van der Waals surface area contributed by atoms with Gasteiger partial charge in [0, 0.05) is 19.2 Å². The van der Waals surface area contributed by atoms with Crippen LogP contribution in [0.3, 0.4) is 0 Å². The second kappa shape index (κ2) is 7.35. The van der Waals surface area contributed by atoms with Gasteiger partial charge >= 0.3 is 0 Å². The maximum Gasteiger partial charge on any atom is 0.131 e. The number of nitrogens with zero attached hydrogens (tertiary/aromatic N) is 2. The Hall–Kier alpha value is 0.0400. The van der Waals surface area contributed by atoms with Gasteiger partial charge in [-0.25, -0.2) is 0 Å². The van der Waals surface area contributed by atoms with E-state index in [2.05, 4.69) is 17.3 Å². The minimum absolute atomic E-state index is 0. The van der Waals surface area contributed by atoms with Gasteiger partial charge in [0.2, 0.25) is 0 Å². The molecule has 0 aliphatic heterocycles. The summed E-state index contributed by atoms with van der Waals surface area (Å²) in [5.41, 5.74) is 2.10. The first kappa shape index (κ1) is 16.5. The zero-order chi connectivity index (χ0) is 9.14. The number of nitrogens with one attached hydrogen (secondary N) is 1. The fourth-order valence-electron chi connectivity index (χ4n) is 1.12. The fraction of sp³-hybridized carbons (Fsp3) is 0.625. The third-order valence-electron chi connectivity index (χ3n) is 1.82. The summed E-state index contributed by atoms with van der Waals surface area (Å²) in [5.74, 6) is 0. The molecule has 1 N–H and O–H groups in total. The van der Waals surface area contributed by atoms with Crippen LogP contribution in [0.5, 0.6) is 0 Å². The second-order valence-electron chi connectivity index (χ2n) is 2.76. The summed E-state index contributed by atoms with van der Waals surface area (Å²) in [6.45, 7) is 5.79. The van der Waals surface area contributed by atoms with Crippen LogP contribution >= 0.6 is 36.4 Å². The summed E-state index contributed by atoms with van der Waals surface area (Å²) < 4.78 is 1.70. The van der Waals surface area contributed by atoms with Crippen LogP contribution in [0.2, 0.25) is 5.15 Å². The molecule has 0 aliphatic carbocycles. The predicted molar refractivity (Wildman–Crippen MR) is 64.8 cm³/mol. The lowest BCUT2D eigenvalue weighted by atomic mass is 10.2. The van der Waals surface area contributed by atoms with Crippen LogP contribution in [0.15, 0.2) is 0 Å².